The van der Waals surface area contributed by atoms with Gasteiger partial charge in [0, 0.05) is 0 Å². The largest absolute Gasteiger partial charge is 0.488 e. The molecular weight excluding hydrogens is 468 g/mol. The van der Waals surface area contributed by atoms with Crippen LogP contribution in [0.3, 0.4) is 0 Å². The van der Waals surface area contributed by atoms with E-state index in [1.165, 1.54) is 56.9 Å². The lowest BCUT2D eigenvalue weighted by molar-refractivity contribution is -0.175. The molecule has 1 aromatic carbocycles. The van der Waals surface area contributed by atoms with Crippen molar-refractivity contribution in [1.82, 2.24) is 0 Å². The molecule has 0 bridgehead atoms. The second kappa shape index (κ2) is 18.0. The third-order valence-corrected chi connectivity index (χ3v) is 8.57. The summed E-state index contributed by atoms with van der Waals surface area (Å²) in [6.07, 6.45) is 12.9. The molecular formula is C35H68O3. The van der Waals surface area contributed by atoms with Gasteiger partial charge in [-0.05, 0) is 115 Å². The Morgan fingerprint density at radius 3 is 1.74 bits per heavy atom. The summed E-state index contributed by atoms with van der Waals surface area (Å²) in [5.74, 6) is 2.08. The van der Waals surface area contributed by atoms with Crippen molar-refractivity contribution in [3.05, 3.63) is 29.8 Å². The summed E-state index contributed by atoms with van der Waals surface area (Å²) < 4.78 is 12.1. The first-order chi connectivity index (χ1) is 16.0. The monoisotopic (exact) mass is 537 g/mol. The number of benzene rings is 1. The molecule has 2 saturated carbocycles. The lowest BCUT2D eigenvalue weighted by Gasteiger charge is -2.36. The summed E-state index contributed by atoms with van der Waals surface area (Å²) in [6.45, 7) is 17.1. The number of carbonyl (C=O) groups is 1. The van der Waals surface area contributed by atoms with Crippen LogP contribution in [0.4, 0.5) is 0 Å². The molecule has 1 unspecified atom stereocenters. The van der Waals surface area contributed by atoms with E-state index in [9.17, 15) is 4.79 Å². The van der Waals surface area contributed by atoms with Gasteiger partial charge in [0.25, 0.3) is 0 Å². The van der Waals surface area contributed by atoms with Gasteiger partial charge in [-0.1, -0.05) is 82.9 Å². The van der Waals surface area contributed by atoms with E-state index >= 15 is 0 Å². The van der Waals surface area contributed by atoms with E-state index in [1.807, 2.05) is 20.8 Å². The third kappa shape index (κ3) is 11.3. The smallest absolute Gasteiger partial charge is 0.312 e. The van der Waals surface area contributed by atoms with E-state index in [4.69, 9.17) is 9.47 Å². The lowest BCUT2D eigenvalue weighted by atomic mass is 9.86. The van der Waals surface area contributed by atoms with Crippen molar-refractivity contribution in [2.75, 3.05) is 0 Å². The maximum absolute atomic E-state index is 12.1. The standard InChI is InChI=1S/C17H26O.C14H26O2.4CH4/c1-4-14(2)15-8-10-16(11-9-15)18-17(3)12-6-5-7-13-17;1-6-13(4,5)12(15)16-14(11(2)3)9-7-8-10-14;;;;/h8-11,14H,4-7,12-13H2,1-3H3;11H,6-10H2,1-5H3;4*1H4. The predicted molar refractivity (Wildman–Crippen MR) is 170 cm³/mol. The lowest BCUT2D eigenvalue weighted by Crippen LogP contribution is -2.41. The van der Waals surface area contributed by atoms with Crippen LogP contribution < -0.4 is 4.74 Å². The zero-order chi connectivity index (χ0) is 25.4. The van der Waals surface area contributed by atoms with Gasteiger partial charge in [0.05, 0.1) is 5.41 Å². The number of carbonyl (C=O) groups excluding carboxylic acids is 1. The fourth-order valence-electron chi connectivity index (χ4n) is 5.02. The topological polar surface area (TPSA) is 35.5 Å². The van der Waals surface area contributed by atoms with Gasteiger partial charge in [0.15, 0.2) is 0 Å². The van der Waals surface area contributed by atoms with Crippen LogP contribution >= 0.6 is 0 Å². The van der Waals surface area contributed by atoms with Crippen LogP contribution in [0.5, 0.6) is 5.75 Å². The minimum atomic E-state index is -0.343. The fraction of sp³-hybridized carbons (Fsp3) is 0.800. The number of hydrogen-bond donors (Lipinski definition) is 0. The van der Waals surface area contributed by atoms with Crippen molar-refractivity contribution in [2.24, 2.45) is 11.3 Å². The quantitative estimate of drug-likeness (QED) is 0.310. The van der Waals surface area contributed by atoms with E-state index in [-0.39, 0.29) is 52.3 Å². The van der Waals surface area contributed by atoms with Gasteiger partial charge in [-0.15, -0.1) is 0 Å². The molecule has 0 amide bonds. The molecule has 0 saturated heterocycles. The number of hydrogen-bond acceptors (Lipinski definition) is 3. The number of ether oxygens (including phenoxy) is 2. The van der Waals surface area contributed by atoms with Crippen molar-refractivity contribution in [2.45, 2.75) is 173 Å². The summed E-state index contributed by atoms with van der Waals surface area (Å²) >= 11 is 0. The van der Waals surface area contributed by atoms with Crippen molar-refractivity contribution < 1.29 is 14.3 Å². The maximum atomic E-state index is 12.1. The van der Waals surface area contributed by atoms with Crippen LogP contribution in [0.2, 0.25) is 0 Å². The Hall–Kier alpha value is -1.51. The second-order valence-electron chi connectivity index (χ2n) is 12.0. The Labute approximate surface area is 239 Å². The third-order valence-electron chi connectivity index (χ3n) is 8.57. The van der Waals surface area contributed by atoms with E-state index in [1.54, 1.807) is 0 Å². The second-order valence-corrected chi connectivity index (χ2v) is 12.0. The molecule has 0 aromatic heterocycles. The average Bonchev–Trinajstić information content (AvgIpc) is 3.29. The molecule has 3 heteroatoms. The van der Waals surface area contributed by atoms with Gasteiger partial charge >= 0.3 is 5.97 Å². The molecule has 0 N–H and O–H groups in total. The highest BCUT2D eigenvalue weighted by atomic mass is 16.6. The van der Waals surface area contributed by atoms with Gasteiger partial charge in [0.1, 0.15) is 17.0 Å². The molecule has 0 radical (unpaired) electrons. The minimum Gasteiger partial charge on any atom is -0.488 e. The molecule has 2 aliphatic rings. The molecule has 226 valence electrons. The van der Waals surface area contributed by atoms with Crippen molar-refractivity contribution >= 4 is 5.97 Å². The van der Waals surface area contributed by atoms with Crippen LogP contribution in [-0.4, -0.2) is 17.2 Å². The molecule has 1 atom stereocenters. The minimum absolute atomic E-state index is 0. The first-order valence-electron chi connectivity index (χ1n) is 14.0. The Balaban J connectivity index is -0.000000587. The van der Waals surface area contributed by atoms with Crippen LogP contribution in [0, 0.1) is 11.3 Å². The summed E-state index contributed by atoms with van der Waals surface area (Å²) in [5.41, 5.74) is 0.961. The summed E-state index contributed by atoms with van der Waals surface area (Å²) in [4.78, 5) is 12.1. The average molecular weight is 537 g/mol. The highest BCUT2D eigenvalue weighted by Crippen LogP contribution is 2.41. The van der Waals surface area contributed by atoms with Crippen molar-refractivity contribution in [3.63, 3.8) is 0 Å². The molecule has 38 heavy (non-hydrogen) atoms. The first kappa shape index (κ1) is 41.0. The van der Waals surface area contributed by atoms with Gasteiger partial charge in [0.2, 0.25) is 0 Å². The van der Waals surface area contributed by atoms with Gasteiger partial charge in [-0.25, -0.2) is 0 Å². The molecule has 3 nitrogen and oxygen atoms in total. The first-order valence-corrected chi connectivity index (χ1v) is 14.0. The zero-order valence-electron chi connectivity index (χ0n) is 23.5. The van der Waals surface area contributed by atoms with E-state index in [2.05, 4.69) is 58.9 Å². The zero-order valence-corrected chi connectivity index (χ0v) is 23.5. The van der Waals surface area contributed by atoms with Crippen LogP contribution in [-0.2, 0) is 9.53 Å². The highest BCUT2D eigenvalue weighted by Gasteiger charge is 2.43. The van der Waals surface area contributed by atoms with Crippen molar-refractivity contribution in [1.29, 1.82) is 0 Å². The Morgan fingerprint density at radius 1 is 0.842 bits per heavy atom. The van der Waals surface area contributed by atoms with Gasteiger partial charge < -0.3 is 9.47 Å². The molecule has 2 aliphatic carbocycles. The molecule has 1 aromatic rings. The fourth-order valence-corrected chi connectivity index (χ4v) is 5.02. The maximum Gasteiger partial charge on any atom is 0.312 e. The predicted octanol–water partition coefficient (Wildman–Crippen LogP) is 11.8. The summed E-state index contributed by atoms with van der Waals surface area (Å²) in [7, 11) is 0. The van der Waals surface area contributed by atoms with E-state index in [0.29, 0.717) is 11.8 Å². The molecule has 2 fully saturated rings. The van der Waals surface area contributed by atoms with E-state index in [0.717, 1.165) is 25.0 Å². The highest BCUT2D eigenvalue weighted by molar-refractivity contribution is 5.76. The number of esters is 1. The normalized spacial score (nSPS) is 18.1. The van der Waals surface area contributed by atoms with Crippen LogP contribution in [0.1, 0.15) is 167 Å². The molecule has 3 rings (SSSR count). The SMILES string of the molecule is C.C.C.C.CCC(C)(C)C(=O)OC1(C(C)C)CCCC1.CCC(C)c1ccc(OC2(C)CCCCC2)cc1. The van der Waals surface area contributed by atoms with Crippen LogP contribution in [0.25, 0.3) is 0 Å². The van der Waals surface area contributed by atoms with Crippen LogP contribution in [0.15, 0.2) is 24.3 Å². The van der Waals surface area contributed by atoms with E-state index < -0.39 is 0 Å². The Morgan fingerprint density at radius 2 is 1.32 bits per heavy atom. The van der Waals surface area contributed by atoms with Gasteiger partial charge in [-0.3, -0.25) is 4.79 Å². The summed E-state index contributed by atoms with van der Waals surface area (Å²) in [6, 6.07) is 8.72. The molecule has 0 heterocycles. The Bertz CT molecular complexity index is 735. The molecule has 0 spiro atoms. The van der Waals surface area contributed by atoms with Crippen molar-refractivity contribution in [3.8, 4) is 5.75 Å². The Kier molecular flexibility index (Phi) is 19.4. The van der Waals surface area contributed by atoms with Gasteiger partial charge in [-0.2, -0.15) is 0 Å². The molecule has 0 aliphatic heterocycles. The number of rotatable bonds is 8. The summed E-state index contributed by atoms with van der Waals surface area (Å²) in [5, 5.41) is 0.